The van der Waals surface area contributed by atoms with Gasteiger partial charge in [-0.05, 0) is 19.9 Å². The molecule has 0 saturated heterocycles. The molecule has 0 aromatic carbocycles. The first-order valence-electron chi connectivity index (χ1n) is 6.87. The Labute approximate surface area is 119 Å². The number of hydrogen-bond donors (Lipinski definition) is 1. The van der Waals surface area contributed by atoms with E-state index < -0.39 is 0 Å². The van der Waals surface area contributed by atoms with Crippen molar-refractivity contribution in [3.05, 3.63) is 29.3 Å². The van der Waals surface area contributed by atoms with E-state index in [1.165, 1.54) is 0 Å². The van der Waals surface area contributed by atoms with Gasteiger partial charge in [0.1, 0.15) is 5.69 Å². The van der Waals surface area contributed by atoms with Crippen LogP contribution in [0.25, 0.3) is 0 Å². The molecule has 0 aliphatic rings. The lowest BCUT2D eigenvalue weighted by molar-refractivity contribution is 0.400. The lowest BCUT2D eigenvalue weighted by atomic mass is 10.0. The van der Waals surface area contributed by atoms with Crippen LogP contribution in [0, 0.1) is 6.92 Å². The SMILES string of the molecule is CCCNC(c1cn(C)nc1C)c1c(OC)cnn1C. The number of methoxy groups -OCH3 is 1. The monoisotopic (exact) mass is 277 g/mol. The van der Waals surface area contributed by atoms with Gasteiger partial charge in [0.05, 0.1) is 25.0 Å². The molecule has 1 unspecified atom stereocenters. The van der Waals surface area contributed by atoms with E-state index in [1.54, 1.807) is 13.3 Å². The van der Waals surface area contributed by atoms with Crippen LogP contribution in [0.4, 0.5) is 0 Å². The number of nitrogens with zero attached hydrogens (tertiary/aromatic N) is 4. The summed E-state index contributed by atoms with van der Waals surface area (Å²) in [7, 11) is 5.55. The maximum atomic E-state index is 5.44. The van der Waals surface area contributed by atoms with Gasteiger partial charge < -0.3 is 10.1 Å². The summed E-state index contributed by atoms with van der Waals surface area (Å²) < 4.78 is 9.15. The molecule has 0 bridgehead atoms. The van der Waals surface area contributed by atoms with Crippen LogP contribution in [0.2, 0.25) is 0 Å². The summed E-state index contributed by atoms with van der Waals surface area (Å²) in [6, 6.07) is 0.0334. The second kappa shape index (κ2) is 6.09. The number of rotatable bonds is 6. The van der Waals surface area contributed by atoms with Gasteiger partial charge in [0.25, 0.3) is 0 Å². The van der Waals surface area contributed by atoms with Crippen LogP contribution in [0.3, 0.4) is 0 Å². The summed E-state index contributed by atoms with van der Waals surface area (Å²) in [5.74, 6) is 0.796. The van der Waals surface area contributed by atoms with Gasteiger partial charge in [0, 0.05) is 25.9 Å². The van der Waals surface area contributed by atoms with E-state index in [-0.39, 0.29) is 6.04 Å². The summed E-state index contributed by atoms with van der Waals surface area (Å²) >= 11 is 0. The average Bonchev–Trinajstić information content (AvgIpc) is 2.94. The lowest BCUT2D eigenvalue weighted by Gasteiger charge is -2.19. The lowest BCUT2D eigenvalue weighted by Crippen LogP contribution is -2.26. The first-order chi connectivity index (χ1) is 9.58. The van der Waals surface area contributed by atoms with Crippen molar-refractivity contribution in [3.63, 3.8) is 0 Å². The largest absolute Gasteiger partial charge is 0.493 e. The fourth-order valence-electron chi connectivity index (χ4n) is 2.46. The minimum atomic E-state index is 0.0334. The Balaban J connectivity index is 2.46. The Morgan fingerprint density at radius 1 is 1.40 bits per heavy atom. The molecule has 6 heteroatoms. The number of hydrogen-bond acceptors (Lipinski definition) is 4. The Morgan fingerprint density at radius 3 is 2.70 bits per heavy atom. The second-order valence-corrected chi connectivity index (χ2v) is 4.95. The minimum Gasteiger partial charge on any atom is -0.493 e. The highest BCUT2D eigenvalue weighted by atomic mass is 16.5. The van der Waals surface area contributed by atoms with Gasteiger partial charge in [0.15, 0.2) is 5.75 Å². The van der Waals surface area contributed by atoms with Crippen molar-refractivity contribution in [3.8, 4) is 5.75 Å². The Kier molecular flexibility index (Phi) is 4.44. The third-order valence-corrected chi connectivity index (χ3v) is 3.40. The summed E-state index contributed by atoms with van der Waals surface area (Å²) in [5, 5.41) is 12.3. The highest BCUT2D eigenvalue weighted by molar-refractivity contribution is 5.37. The van der Waals surface area contributed by atoms with Gasteiger partial charge in [-0.15, -0.1) is 0 Å². The molecule has 2 rings (SSSR count). The molecule has 0 aliphatic heterocycles. The number of nitrogens with one attached hydrogen (secondary N) is 1. The standard InChI is InChI=1S/C14H23N5O/c1-6-7-15-13(11-9-18(3)17-10(11)2)14-12(20-5)8-16-19(14)4/h8-9,13,15H,6-7H2,1-5H3. The molecule has 2 aromatic rings. The van der Waals surface area contributed by atoms with Gasteiger partial charge in [-0.25, -0.2) is 0 Å². The molecule has 0 amide bonds. The van der Waals surface area contributed by atoms with Crippen LogP contribution in [-0.2, 0) is 14.1 Å². The van der Waals surface area contributed by atoms with Crippen molar-refractivity contribution in [1.82, 2.24) is 24.9 Å². The van der Waals surface area contributed by atoms with Gasteiger partial charge >= 0.3 is 0 Å². The quantitative estimate of drug-likeness (QED) is 0.870. The minimum absolute atomic E-state index is 0.0334. The smallest absolute Gasteiger partial charge is 0.161 e. The van der Waals surface area contributed by atoms with Crippen LogP contribution in [0.1, 0.15) is 36.3 Å². The van der Waals surface area contributed by atoms with Gasteiger partial charge in [0.2, 0.25) is 0 Å². The molecule has 2 aromatic heterocycles. The molecule has 20 heavy (non-hydrogen) atoms. The molecular weight excluding hydrogens is 254 g/mol. The van der Waals surface area contributed by atoms with Crippen molar-refractivity contribution in [2.45, 2.75) is 26.3 Å². The average molecular weight is 277 g/mol. The highest BCUT2D eigenvalue weighted by Gasteiger charge is 2.24. The van der Waals surface area contributed by atoms with Crippen LogP contribution in [0.5, 0.6) is 5.75 Å². The number of aromatic nitrogens is 4. The highest BCUT2D eigenvalue weighted by Crippen LogP contribution is 2.30. The molecular formula is C14H23N5O. The summed E-state index contributed by atoms with van der Waals surface area (Å²) in [6.07, 6.45) is 4.87. The Bertz CT molecular complexity index is 572. The maximum absolute atomic E-state index is 5.44. The first kappa shape index (κ1) is 14.6. The zero-order valence-corrected chi connectivity index (χ0v) is 12.8. The molecule has 0 fully saturated rings. The summed E-state index contributed by atoms with van der Waals surface area (Å²) in [4.78, 5) is 0. The fraction of sp³-hybridized carbons (Fsp3) is 0.571. The van der Waals surface area contributed by atoms with Crippen molar-refractivity contribution in [1.29, 1.82) is 0 Å². The van der Waals surface area contributed by atoms with E-state index in [2.05, 4.69) is 28.6 Å². The van der Waals surface area contributed by atoms with Crippen LogP contribution < -0.4 is 10.1 Å². The molecule has 0 spiro atoms. The van der Waals surface area contributed by atoms with Crippen molar-refractivity contribution in [2.75, 3.05) is 13.7 Å². The van der Waals surface area contributed by atoms with Crippen molar-refractivity contribution < 1.29 is 4.74 Å². The first-order valence-corrected chi connectivity index (χ1v) is 6.87. The predicted molar refractivity (Wildman–Crippen MR) is 77.8 cm³/mol. The van der Waals surface area contributed by atoms with Crippen molar-refractivity contribution >= 4 is 0 Å². The third kappa shape index (κ3) is 2.70. The van der Waals surface area contributed by atoms with Gasteiger partial charge in [-0.2, -0.15) is 10.2 Å². The van der Waals surface area contributed by atoms with Gasteiger partial charge in [-0.1, -0.05) is 6.92 Å². The molecule has 110 valence electrons. The molecule has 0 radical (unpaired) electrons. The molecule has 2 heterocycles. The normalized spacial score (nSPS) is 12.7. The zero-order chi connectivity index (χ0) is 14.7. The maximum Gasteiger partial charge on any atom is 0.161 e. The summed E-state index contributed by atoms with van der Waals surface area (Å²) in [6.45, 7) is 5.10. The molecule has 1 N–H and O–H groups in total. The van der Waals surface area contributed by atoms with Crippen molar-refractivity contribution in [2.24, 2.45) is 14.1 Å². The van der Waals surface area contributed by atoms with E-state index in [4.69, 9.17) is 4.74 Å². The predicted octanol–water partition coefficient (Wildman–Crippen LogP) is 1.56. The van der Waals surface area contributed by atoms with Crippen LogP contribution in [0.15, 0.2) is 12.4 Å². The molecule has 1 atom stereocenters. The second-order valence-electron chi connectivity index (χ2n) is 4.95. The van der Waals surface area contributed by atoms with Gasteiger partial charge in [-0.3, -0.25) is 9.36 Å². The Morgan fingerprint density at radius 2 is 2.15 bits per heavy atom. The molecule has 0 saturated carbocycles. The third-order valence-electron chi connectivity index (χ3n) is 3.40. The van der Waals surface area contributed by atoms with E-state index >= 15 is 0 Å². The molecule has 0 aliphatic carbocycles. The van der Waals surface area contributed by atoms with E-state index in [0.717, 1.165) is 35.7 Å². The number of ether oxygens (including phenoxy) is 1. The topological polar surface area (TPSA) is 56.9 Å². The van der Waals surface area contributed by atoms with Crippen LogP contribution >= 0.6 is 0 Å². The van der Waals surface area contributed by atoms with E-state index in [9.17, 15) is 0 Å². The zero-order valence-electron chi connectivity index (χ0n) is 12.8. The number of aryl methyl sites for hydroxylation is 3. The van der Waals surface area contributed by atoms with E-state index in [0.29, 0.717) is 0 Å². The fourth-order valence-corrected chi connectivity index (χ4v) is 2.46. The molecule has 6 nitrogen and oxygen atoms in total. The Hall–Kier alpha value is -1.82. The van der Waals surface area contributed by atoms with Crippen LogP contribution in [-0.4, -0.2) is 33.2 Å². The van der Waals surface area contributed by atoms with E-state index in [1.807, 2.05) is 30.4 Å². The summed E-state index contributed by atoms with van der Waals surface area (Å²) in [5.41, 5.74) is 3.20.